The fourth-order valence-corrected chi connectivity index (χ4v) is 3.40. The number of nitrogens with one attached hydrogen (secondary N) is 1. The van der Waals surface area contributed by atoms with Gasteiger partial charge in [-0.05, 0) is 24.1 Å². The van der Waals surface area contributed by atoms with Crippen LogP contribution >= 0.6 is 0 Å². The van der Waals surface area contributed by atoms with Crippen LogP contribution in [0.4, 0.5) is 0 Å². The summed E-state index contributed by atoms with van der Waals surface area (Å²) in [6.45, 7) is 2.07. The van der Waals surface area contributed by atoms with Crippen LogP contribution in [0.3, 0.4) is 0 Å². The van der Waals surface area contributed by atoms with Crippen molar-refractivity contribution in [3.63, 3.8) is 0 Å². The van der Waals surface area contributed by atoms with E-state index in [1.807, 2.05) is 97.2 Å². The Kier molecular flexibility index (Phi) is 5.52. The minimum atomic E-state index is -0.123. The molecule has 29 heavy (non-hydrogen) atoms. The highest BCUT2D eigenvalue weighted by Crippen LogP contribution is 2.25. The van der Waals surface area contributed by atoms with Crippen molar-refractivity contribution in [3.05, 3.63) is 108 Å². The lowest BCUT2D eigenvalue weighted by atomic mass is 10.0. The zero-order valence-electron chi connectivity index (χ0n) is 16.3. The molecule has 4 aromatic rings. The number of hydrogen-bond acceptors (Lipinski definition) is 2. The summed E-state index contributed by atoms with van der Waals surface area (Å²) in [6.07, 6.45) is 2.62. The van der Waals surface area contributed by atoms with Gasteiger partial charge in [0.1, 0.15) is 5.69 Å². The Morgan fingerprint density at radius 1 is 0.897 bits per heavy atom. The van der Waals surface area contributed by atoms with Crippen LogP contribution in [0.25, 0.3) is 16.9 Å². The van der Waals surface area contributed by atoms with E-state index in [9.17, 15) is 4.79 Å². The summed E-state index contributed by atoms with van der Waals surface area (Å²) in [7, 11) is 0. The van der Waals surface area contributed by atoms with Gasteiger partial charge in [-0.2, -0.15) is 5.10 Å². The van der Waals surface area contributed by atoms with E-state index in [2.05, 4.69) is 12.2 Å². The Morgan fingerprint density at radius 2 is 1.48 bits per heavy atom. The lowest BCUT2D eigenvalue weighted by molar-refractivity contribution is 0.0936. The Hall–Kier alpha value is -3.66. The summed E-state index contributed by atoms with van der Waals surface area (Å²) < 4.78 is 1.76. The summed E-state index contributed by atoms with van der Waals surface area (Å²) in [6, 6.07) is 29.7. The molecule has 1 aromatic heterocycles. The molecular weight excluding hydrogens is 358 g/mol. The van der Waals surface area contributed by atoms with E-state index in [-0.39, 0.29) is 11.9 Å². The number of benzene rings is 3. The number of para-hydroxylation sites is 1. The fourth-order valence-electron chi connectivity index (χ4n) is 3.40. The average Bonchev–Trinajstić information content (AvgIpc) is 3.25. The Balaban J connectivity index is 1.71. The van der Waals surface area contributed by atoms with Gasteiger partial charge in [0.25, 0.3) is 5.91 Å². The maximum absolute atomic E-state index is 13.3. The molecule has 4 heteroatoms. The molecule has 1 N–H and O–H groups in total. The number of rotatable bonds is 6. The lowest BCUT2D eigenvalue weighted by Gasteiger charge is -2.17. The van der Waals surface area contributed by atoms with E-state index in [4.69, 9.17) is 5.10 Å². The van der Waals surface area contributed by atoms with Gasteiger partial charge in [-0.15, -0.1) is 0 Å². The minimum absolute atomic E-state index is 0.0487. The Morgan fingerprint density at radius 3 is 2.10 bits per heavy atom. The van der Waals surface area contributed by atoms with Crippen molar-refractivity contribution >= 4 is 5.91 Å². The van der Waals surface area contributed by atoms with E-state index in [1.165, 1.54) is 0 Å². The third-order valence-corrected chi connectivity index (χ3v) is 4.94. The summed E-state index contributed by atoms with van der Waals surface area (Å²) >= 11 is 0. The quantitative estimate of drug-likeness (QED) is 0.485. The summed E-state index contributed by atoms with van der Waals surface area (Å²) in [5, 5.41) is 7.92. The number of carbonyl (C=O) groups excluding carboxylic acids is 1. The molecule has 0 saturated carbocycles. The molecule has 0 aliphatic heterocycles. The van der Waals surface area contributed by atoms with Crippen LogP contribution in [0.5, 0.6) is 0 Å². The zero-order valence-corrected chi connectivity index (χ0v) is 16.3. The molecule has 0 saturated heterocycles. The highest BCUT2D eigenvalue weighted by molar-refractivity contribution is 6.00. The number of amides is 1. The fraction of sp³-hybridized carbons (Fsp3) is 0.120. The van der Waals surface area contributed by atoms with Crippen LogP contribution in [-0.2, 0) is 0 Å². The molecule has 0 radical (unpaired) electrons. The molecule has 3 aromatic carbocycles. The lowest BCUT2D eigenvalue weighted by Crippen LogP contribution is -2.28. The van der Waals surface area contributed by atoms with E-state index >= 15 is 0 Å². The van der Waals surface area contributed by atoms with Gasteiger partial charge < -0.3 is 5.32 Å². The first kappa shape index (κ1) is 18.7. The number of aromatic nitrogens is 2. The second-order valence-corrected chi connectivity index (χ2v) is 6.88. The van der Waals surface area contributed by atoms with Crippen molar-refractivity contribution in [2.24, 2.45) is 0 Å². The first-order valence-electron chi connectivity index (χ1n) is 9.82. The normalized spacial score (nSPS) is 11.8. The van der Waals surface area contributed by atoms with Gasteiger partial charge in [-0.25, -0.2) is 4.68 Å². The van der Waals surface area contributed by atoms with Crippen LogP contribution in [0, 0.1) is 0 Å². The molecule has 1 atom stereocenters. The third kappa shape index (κ3) is 4.11. The highest BCUT2D eigenvalue weighted by Gasteiger charge is 2.21. The summed E-state index contributed by atoms with van der Waals surface area (Å²) in [5.74, 6) is -0.123. The van der Waals surface area contributed by atoms with E-state index in [0.717, 1.165) is 23.2 Å². The molecule has 4 rings (SSSR count). The van der Waals surface area contributed by atoms with Crippen LogP contribution in [0.1, 0.15) is 35.3 Å². The zero-order chi connectivity index (χ0) is 20.1. The first-order chi connectivity index (χ1) is 14.3. The van der Waals surface area contributed by atoms with Gasteiger partial charge >= 0.3 is 0 Å². The minimum Gasteiger partial charge on any atom is -0.345 e. The predicted octanol–water partition coefficient (Wildman–Crippen LogP) is 5.42. The average molecular weight is 381 g/mol. The van der Waals surface area contributed by atoms with Gasteiger partial charge in [-0.3, -0.25) is 4.79 Å². The summed E-state index contributed by atoms with van der Waals surface area (Å²) in [5.41, 5.74) is 4.17. The molecule has 0 fully saturated rings. The van der Waals surface area contributed by atoms with Gasteiger partial charge in [-0.1, -0.05) is 85.8 Å². The molecule has 1 heterocycles. The van der Waals surface area contributed by atoms with Crippen molar-refractivity contribution in [2.75, 3.05) is 0 Å². The van der Waals surface area contributed by atoms with Crippen molar-refractivity contribution in [3.8, 4) is 16.9 Å². The van der Waals surface area contributed by atoms with Gasteiger partial charge in [0, 0.05) is 11.8 Å². The van der Waals surface area contributed by atoms with Gasteiger partial charge in [0.2, 0.25) is 0 Å². The molecule has 0 spiro atoms. The second kappa shape index (κ2) is 8.57. The molecule has 0 aliphatic rings. The maximum Gasteiger partial charge on any atom is 0.255 e. The van der Waals surface area contributed by atoms with Crippen molar-refractivity contribution in [1.29, 1.82) is 0 Å². The molecule has 1 unspecified atom stereocenters. The predicted molar refractivity (Wildman–Crippen MR) is 116 cm³/mol. The first-order valence-corrected chi connectivity index (χ1v) is 9.82. The molecule has 0 aliphatic carbocycles. The van der Waals surface area contributed by atoms with E-state index in [0.29, 0.717) is 11.3 Å². The second-order valence-electron chi connectivity index (χ2n) is 6.88. The van der Waals surface area contributed by atoms with Crippen molar-refractivity contribution in [2.45, 2.75) is 19.4 Å². The monoisotopic (exact) mass is 381 g/mol. The van der Waals surface area contributed by atoms with E-state index < -0.39 is 0 Å². The standard InChI is InChI=1S/C25H23N3O/c1-2-23(19-12-6-3-7-13-19)26-25(29)22-18-28(21-16-10-5-11-17-21)27-24(22)20-14-8-4-9-15-20/h3-18,23H,2H2,1H3,(H,26,29). The molecule has 4 nitrogen and oxygen atoms in total. The van der Waals surface area contributed by atoms with Crippen LogP contribution in [0.15, 0.2) is 97.2 Å². The van der Waals surface area contributed by atoms with Gasteiger partial charge in [0.15, 0.2) is 0 Å². The Bertz CT molecular complexity index is 1070. The highest BCUT2D eigenvalue weighted by atomic mass is 16.1. The number of nitrogens with zero attached hydrogens (tertiary/aromatic N) is 2. The molecular formula is C25H23N3O. The third-order valence-electron chi connectivity index (χ3n) is 4.94. The molecule has 1 amide bonds. The maximum atomic E-state index is 13.3. The molecule has 144 valence electrons. The smallest absolute Gasteiger partial charge is 0.255 e. The van der Waals surface area contributed by atoms with Crippen LogP contribution in [0.2, 0.25) is 0 Å². The topological polar surface area (TPSA) is 46.9 Å². The summed E-state index contributed by atoms with van der Waals surface area (Å²) in [4.78, 5) is 13.3. The number of hydrogen-bond donors (Lipinski definition) is 1. The van der Waals surface area contributed by atoms with Gasteiger partial charge in [0.05, 0.1) is 17.3 Å². The van der Waals surface area contributed by atoms with Crippen LogP contribution in [-0.4, -0.2) is 15.7 Å². The van der Waals surface area contributed by atoms with Crippen molar-refractivity contribution < 1.29 is 4.79 Å². The van der Waals surface area contributed by atoms with Crippen molar-refractivity contribution in [1.82, 2.24) is 15.1 Å². The van der Waals surface area contributed by atoms with E-state index in [1.54, 1.807) is 4.68 Å². The SMILES string of the molecule is CCC(NC(=O)c1cn(-c2ccccc2)nc1-c1ccccc1)c1ccccc1. The Labute approximate surface area is 170 Å². The van der Waals surface area contributed by atoms with Crippen LogP contribution < -0.4 is 5.32 Å². The molecule has 0 bridgehead atoms. The largest absolute Gasteiger partial charge is 0.345 e. The number of carbonyl (C=O) groups is 1.